The number of amides is 1. The highest BCUT2D eigenvalue weighted by Gasteiger charge is 2.56. The number of likely N-dealkylation sites (tertiary alicyclic amines) is 1. The largest absolute Gasteiger partial charge is 0.446 e. The molecule has 0 radical (unpaired) electrons. The normalized spacial score (nSPS) is 49.7. The first-order chi connectivity index (χ1) is 9.52. The third-order valence-electron chi connectivity index (χ3n) is 5.87. The van der Waals surface area contributed by atoms with Gasteiger partial charge in [0.25, 0.3) is 0 Å². The lowest BCUT2D eigenvalue weighted by Gasteiger charge is -2.57. The predicted molar refractivity (Wildman–Crippen MR) is 72.9 cm³/mol. The third kappa shape index (κ3) is 2.02. The van der Waals surface area contributed by atoms with Crippen LogP contribution in [0.1, 0.15) is 38.5 Å². The lowest BCUT2D eigenvalue weighted by molar-refractivity contribution is -0.177. The van der Waals surface area contributed by atoms with Crippen molar-refractivity contribution in [2.24, 2.45) is 23.5 Å². The molecule has 2 unspecified atom stereocenters. The second-order valence-electron chi connectivity index (χ2n) is 7.54. The number of aliphatic hydroxyl groups is 1. The Morgan fingerprint density at radius 1 is 1.25 bits per heavy atom. The number of nitrogens with two attached hydrogens (primary N) is 1. The molecule has 5 heteroatoms. The molecule has 0 spiro atoms. The van der Waals surface area contributed by atoms with Crippen LogP contribution in [-0.2, 0) is 4.74 Å². The molecule has 3 N–H and O–H groups in total. The van der Waals surface area contributed by atoms with Crippen LogP contribution in [-0.4, -0.2) is 46.9 Å². The van der Waals surface area contributed by atoms with Crippen LogP contribution in [0, 0.1) is 17.8 Å². The molecule has 0 aromatic carbocycles. The van der Waals surface area contributed by atoms with Gasteiger partial charge in [-0.15, -0.1) is 0 Å². The summed E-state index contributed by atoms with van der Waals surface area (Å²) in [6, 6.07) is 0.0989. The molecule has 0 aromatic rings. The first kappa shape index (κ1) is 12.9. The van der Waals surface area contributed by atoms with Crippen LogP contribution in [0.15, 0.2) is 0 Å². The van der Waals surface area contributed by atoms with Gasteiger partial charge in [0.1, 0.15) is 6.10 Å². The van der Waals surface area contributed by atoms with Crippen molar-refractivity contribution in [1.82, 2.24) is 4.90 Å². The Hall–Kier alpha value is -0.810. The average molecular weight is 280 g/mol. The molecule has 3 atom stereocenters. The van der Waals surface area contributed by atoms with Gasteiger partial charge in [0.2, 0.25) is 0 Å². The first-order valence-corrected chi connectivity index (χ1v) is 7.96. The SMILES string of the molecule is N[C@@H]1CCN(C(=O)OC2C3CC4CC2CC(O)(C4)C3)C1. The van der Waals surface area contributed by atoms with Gasteiger partial charge in [0.15, 0.2) is 0 Å². The number of nitrogens with zero attached hydrogens (tertiary/aromatic N) is 1. The molecule has 5 nitrogen and oxygen atoms in total. The molecular weight excluding hydrogens is 256 g/mol. The van der Waals surface area contributed by atoms with Gasteiger partial charge in [-0.05, 0) is 56.3 Å². The van der Waals surface area contributed by atoms with E-state index in [9.17, 15) is 9.90 Å². The second-order valence-corrected chi connectivity index (χ2v) is 7.54. The van der Waals surface area contributed by atoms with Crippen molar-refractivity contribution in [1.29, 1.82) is 0 Å². The maximum atomic E-state index is 12.2. The van der Waals surface area contributed by atoms with Crippen molar-refractivity contribution < 1.29 is 14.6 Å². The molecule has 4 bridgehead atoms. The summed E-state index contributed by atoms with van der Waals surface area (Å²) in [6.45, 7) is 1.34. The van der Waals surface area contributed by atoms with E-state index in [1.165, 1.54) is 0 Å². The van der Waals surface area contributed by atoms with Gasteiger partial charge in [-0.1, -0.05) is 0 Å². The fourth-order valence-electron chi connectivity index (χ4n) is 5.27. The standard InChI is InChI=1S/C15H24N2O3/c16-12-1-2-17(8-12)14(18)20-13-10-3-9-4-11(13)7-15(19,5-9)6-10/h9-13,19H,1-8,16H2/t9?,10?,11?,12-,13?,15?/m1/s1. The number of carbonyl (C=O) groups is 1. The monoisotopic (exact) mass is 280 g/mol. The van der Waals surface area contributed by atoms with E-state index in [0.717, 1.165) is 38.5 Å². The van der Waals surface area contributed by atoms with Crippen molar-refractivity contribution in [2.75, 3.05) is 13.1 Å². The predicted octanol–water partition coefficient (Wildman–Crippen LogP) is 1.10. The Morgan fingerprint density at radius 2 is 1.95 bits per heavy atom. The summed E-state index contributed by atoms with van der Waals surface area (Å²) in [7, 11) is 0. The quantitative estimate of drug-likeness (QED) is 0.754. The van der Waals surface area contributed by atoms with E-state index in [4.69, 9.17) is 10.5 Å². The van der Waals surface area contributed by atoms with Gasteiger partial charge in [-0.3, -0.25) is 0 Å². The molecule has 4 saturated carbocycles. The van der Waals surface area contributed by atoms with Crippen molar-refractivity contribution in [3.63, 3.8) is 0 Å². The third-order valence-corrected chi connectivity index (χ3v) is 5.87. The van der Waals surface area contributed by atoms with Crippen LogP contribution in [0.4, 0.5) is 4.79 Å². The molecule has 112 valence electrons. The van der Waals surface area contributed by atoms with E-state index in [1.54, 1.807) is 4.90 Å². The van der Waals surface area contributed by atoms with Gasteiger partial charge < -0.3 is 20.5 Å². The maximum absolute atomic E-state index is 12.2. The Labute approximate surface area is 119 Å². The fraction of sp³-hybridized carbons (Fsp3) is 0.933. The molecule has 5 aliphatic rings. The van der Waals surface area contributed by atoms with Crippen molar-refractivity contribution >= 4 is 6.09 Å². The summed E-state index contributed by atoms with van der Waals surface area (Å²) in [5, 5.41) is 10.5. The van der Waals surface area contributed by atoms with Crippen LogP contribution in [0.25, 0.3) is 0 Å². The van der Waals surface area contributed by atoms with Crippen molar-refractivity contribution in [2.45, 2.75) is 56.3 Å². The van der Waals surface area contributed by atoms with Gasteiger partial charge in [-0.25, -0.2) is 4.79 Å². The van der Waals surface area contributed by atoms with E-state index < -0.39 is 5.60 Å². The summed E-state index contributed by atoms with van der Waals surface area (Å²) >= 11 is 0. The lowest BCUT2D eigenvalue weighted by atomic mass is 9.53. The molecule has 1 amide bonds. The number of carbonyl (C=O) groups excluding carboxylic acids is 1. The van der Waals surface area contributed by atoms with E-state index in [-0.39, 0.29) is 18.2 Å². The molecule has 5 fully saturated rings. The van der Waals surface area contributed by atoms with Crippen LogP contribution in [0.5, 0.6) is 0 Å². The molecule has 1 aliphatic heterocycles. The number of rotatable bonds is 1. The number of hydrogen-bond acceptors (Lipinski definition) is 4. The summed E-state index contributed by atoms with van der Waals surface area (Å²) in [6.07, 6.45) is 5.54. The highest BCUT2D eigenvalue weighted by molar-refractivity contribution is 5.68. The molecule has 1 heterocycles. The van der Waals surface area contributed by atoms with Crippen LogP contribution in [0.3, 0.4) is 0 Å². The van der Waals surface area contributed by atoms with E-state index >= 15 is 0 Å². The lowest BCUT2D eigenvalue weighted by Crippen LogP contribution is -2.58. The van der Waals surface area contributed by atoms with E-state index in [1.807, 2.05) is 0 Å². The molecule has 20 heavy (non-hydrogen) atoms. The van der Waals surface area contributed by atoms with E-state index in [0.29, 0.717) is 30.8 Å². The minimum atomic E-state index is -0.463. The van der Waals surface area contributed by atoms with Gasteiger partial charge in [0.05, 0.1) is 5.60 Å². The molecular formula is C15H24N2O3. The highest BCUT2D eigenvalue weighted by atomic mass is 16.6. The van der Waals surface area contributed by atoms with Crippen LogP contribution in [0.2, 0.25) is 0 Å². The molecule has 0 aromatic heterocycles. The molecule has 5 rings (SSSR count). The highest BCUT2D eigenvalue weighted by Crippen LogP contribution is 2.56. The topological polar surface area (TPSA) is 75.8 Å². The fourth-order valence-corrected chi connectivity index (χ4v) is 5.27. The zero-order valence-electron chi connectivity index (χ0n) is 11.8. The Balaban J connectivity index is 1.44. The Morgan fingerprint density at radius 3 is 2.50 bits per heavy atom. The summed E-state index contributed by atoms with van der Waals surface area (Å²) < 4.78 is 5.82. The number of ether oxygens (including phenoxy) is 1. The smallest absolute Gasteiger partial charge is 0.410 e. The number of hydrogen-bond donors (Lipinski definition) is 2. The average Bonchev–Trinajstić information content (AvgIpc) is 2.78. The van der Waals surface area contributed by atoms with E-state index in [2.05, 4.69) is 0 Å². The summed E-state index contributed by atoms with van der Waals surface area (Å²) in [5.74, 6) is 1.38. The minimum absolute atomic E-state index is 0.0242. The summed E-state index contributed by atoms with van der Waals surface area (Å²) in [5.41, 5.74) is 5.38. The van der Waals surface area contributed by atoms with Gasteiger partial charge in [0, 0.05) is 19.1 Å². The Bertz CT molecular complexity index is 411. The molecule has 1 saturated heterocycles. The zero-order chi connectivity index (χ0) is 13.9. The van der Waals surface area contributed by atoms with Gasteiger partial charge >= 0.3 is 6.09 Å². The zero-order valence-corrected chi connectivity index (χ0v) is 11.8. The van der Waals surface area contributed by atoms with Crippen molar-refractivity contribution in [3.8, 4) is 0 Å². The maximum Gasteiger partial charge on any atom is 0.410 e. The minimum Gasteiger partial charge on any atom is -0.446 e. The van der Waals surface area contributed by atoms with Crippen LogP contribution >= 0.6 is 0 Å². The molecule has 4 aliphatic carbocycles. The summed E-state index contributed by atoms with van der Waals surface area (Å²) in [4.78, 5) is 14.0. The Kier molecular flexibility index (Phi) is 2.80. The first-order valence-electron chi connectivity index (χ1n) is 7.96. The van der Waals surface area contributed by atoms with Crippen LogP contribution < -0.4 is 5.73 Å². The second kappa shape index (κ2) is 4.34. The van der Waals surface area contributed by atoms with Gasteiger partial charge in [-0.2, -0.15) is 0 Å². The van der Waals surface area contributed by atoms with Crippen molar-refractivity contribution in [3.05, 3.63) is 0 Å².